The number of urea groups is 1. The molecule has 31 heavy (non-hydrogen) atoms. The van der Waals surface area contributed by atoms with Crippen LogP contribution < -0.4 is 25.8 Å². The first-order valence-corrected chi connectivity index (χ1v) is 9.26. The van der Waals surface area contributed by atoms with Crippen LogP contribution in [0.25, 0.3) is 0 Å². The maximum atomic E-state index is 13.0. The van der Waals surface area contributed by atoms with E-state index in [0.717, 1.165) is 4.90 Å². The molecule has 2 aromatic carbocycles. The lowest BCUT2D eigenvalue weighted by Crippen LogP contribution is -2.42. The molecule has 0 bridgehead atoms. The highest BCUT2D eigenvalue weighted by atomic mass is 16.5. The minimum absolute atomic E-state index is 0.290. The third kappa shape index (κ3) is 4.13. The summed E-state index contributed by atoms with van der Waals surface area (Å²) in [6.45, 7) is 1.07. The number of rotatable bonds is 7. The molecule has 4 N–H and O–H groups in total. The zero-order valence-electron chi connectivity index (χ0n) is 17.2. The maximum Gasteiger partial charge on any atom is 0.325 e. The van der Waals surface area contributed by atoms with Crippen molar-refractivity contribution in [3.63, 3.8) is 0 Å². The van der Waals surface area contributed by atoms with Gasteiger partial charge in [0.1, 0.15) is 12.1 Å². The fourth-order valence-corrected chi connectivity index (χ4v) is 3.25. The molecule has 1 atom stereocenters. The lowest BCUT2D eigenvalue weighted by atomic mass is 9.91. The number of imide groups is 1. The van der Waals surface area contributed by atoms with Crippen LogP contribution in [0.1, 0.15) is 22.8 Å². The summed E-state index contributed by atoms with van der Waals surface area (Å²) in [6, 6.07) is 10.1. The number of methoxy groups -OCH3 is 2. The first kappa shape index (κ1) is 21.6. The molecule has 1 saturated heterocycles. The molecule has 0 aromatic heterocycles. The molecule has 5 amide bonds. The number of carbonyl (C=O) groups is 4. The number of amides is 5. The molecule has 1 aliphatic rings. The Hall–Kier alpha value is -4.08. The second-order valence-electron chi connectivity index (χ2n) is 7.01. The summed E-state index contributed by atoms with van der Waals surface area (Å²) in [5.74, 6) is -0.869. The van der Waals surface area contributed by atoms with E-state index in [4.69, 9.17) is 15.2 Å². The minimum Gasteiger partial charge on any atom is -0.493 e. The van der Waals surface area contributed by atoms with Crippen LogP contribution in [0, 0.1) is 0 Å². The number of nitrogens with zero attached hydrogens (tertiary/aromatic N) is 1. The summed E-state index contributed by atoms with van der Waals surface area (Å²) < 4.78 is 10.5. The van der Waals surface area contributed by atoms with Gasteiger partial charge in [0.05, 0.1) is 14.2 Å². The van der Waals surface area contributed by atoms with Gasteiger partial charge >= 0.3 is 6.03 Å². The molecule has 0 unspecified atom stereocenters. The number of carbonyl (C=O) groups excluding carboxylic acids is 4. The molecule has 1 fully saturated rings. The van der Waals surface area contributed by atoms with Gasteiger partial charge < -0.3 is 25.8 Å². The van der Waals surface area contributed by atoms with Gasteiger partial charge in [-0.05, 0) is 48.9 Å². The highest BCUT2D eigenvalue weighted by Gasteiger charge is 2.49. The number of nitrogens with one attached hydrogen (secondary N) is 2. The molecule has 10 heteroatoms. The Labute approximate surface area is 178 Å². The SMILES string of the molecule is COc1ccc([C@]2(C)NC(=O)N(CC(=O)Nc3ccc(C(N)=O)cc3)C2=O)cc1OC. The van der Waals surface area contributed by atoms with Gasteiger partial charge in [0.15, 0.2) is 11.5 Å². The molecule has 1 aliphatic heterocycles. The van der Waals surface area contributed by atoms with Gasteiger partial charge in [-0.2, -0.15) is 0 Å². The molecule has 10 nitrogen and oxygen atoms in total. The van der Waals surface area contributed by atoms with E-state index in [2.05, 4.69) is 10.6 Å². The summed E-state index contributed by atoms with van der Waals surface area (Å²) in [6.07, 6.45) is 0. The normalized spacial score (nSPS) is 17.8. The van der Waals surface area contributed by atoms with Crippen molar-refractivity contribution >= 4 is 29.4 Å². The number of hydrogen-bond acceptors (Lipinski definition) is 6. The van der Waals surface area contributed by atoms with Crippen LogP contribution >= 0.6 is 0 Å². The van der Waals surface area contributed by atoms with Crippen LogP contribution in [-0.2, 0) is 15.1 Å². The Morgan fingerprint density at radius 3 is 2.29 bits per heavy atom. The molecule has 0 spiro atoms. The van der Waals surface area contributed by atoms with Crippen molar-refractivity contribution in [2.45, 2.75) is 12.5 Å². The number of benzene rings is 2. The highest BCUT2D eigenvalue weighted by Crippen LogP contribution is 2.35. The molecule has 2 aromatic rings. The Morgan fingerprint density at radius 2 is 1.71 bits per heavy atom. The second kappa shape index (κ2) is 8.34. The second-order valence-corrected chi connectivity index (χ2v) is 7.01. The van der Waals surface area contributed by atoms with Gasteiger partial charge in [-0.1, -0.05) is 6.07 Å². The van der Waals surface area contributed by atoms with E-state index >= 15 is 0 Å². The van der Waals surface area contributed by atoms with E-state index in [0.29, 0.717) is 22.7 Å². The average molecular weight is 426 g/mol. The van der Waals surface area contributed by atoms with Gasteiger partial charge in [-0.25, -0.2) is 4.79 Å². The number of primary amides is 1. The molecule has 0 saturated carbocycles. The molecule has 0 aliphatic carbocycles. The predicted octanol–water partition coefficient (Wildman–Crippen LogP) is 1.21. The van der Waals surface area contributed by atoms with E-state index < -0.39 is 35.8 Å². The zero-order valence-corrected chi connectivity index (χ0v) is 17.2. The predicted molar refractivity (Wildman–Crippen MR) is 111 cm³/mol. The van der Waals surface area contributed by atoms with Crippen LogP contribution in [0.15, 0.2) is 42.5 Å². The summed E-state index contributed by atoms with van der Waals surface area (Å²) in [5.41, 5.74) is 4.97. The van der Waals surface area contributed by atoms with E-state index in [1.807, 2.05) is 0 Å². The van der Waals surface area contributed by atoms with Crippen molar-refractivity contribution in [3.05, 3.63) is 53.6 Å². The van der Waals surface area contributed by atoms with Crippen molar-refractivity contribution < 1.29 is 28.7 Å². The Bertz CT molecular complexity index is 1050. The van der Waals surface area contributed by atoms with Gasteiger partial charge in [-0.15, -0.1) is 0 Å². The summed E-state index contributed by atoms with van der Waals surface area (Å²) in [7, 11) is 2.95. The number of hydrogen-bond donors (Lipinski definition) is 3. The van der Waals surface area contributed by atoms with E-state index in [-0.39, 0.29) is 5.56 Å². The molecule has 0 radical (unpaired) electrons. The fourth-order valence-electron chi connectivity index (χ4n) is 3.25. The maximum absolute atomic E-state index is 13.0. The van der Waals surface area contributed by atoms with Crippen LogP contribution in [0.5, 0.6) is 11.5 Å². The van der Waals surface area contributed by atoms with Crippen LogP contribution in [-0.4, -0.2) is 49.4 Å². The van der Waals surface area contributed by atoms with Gasteiger partial charge in [0.2, 0.25) is 11.8 Å². The lowest BCUT2D eigenvalue weighted by Gasteiger charge is -2.23. The Morgan fingerprint density at radius 1 is 1.06 bits per heavy atom. The van der Waals surface area contributed by atoms with Gasteiger partial charge in [0.25, 0.3) is 5.91 Å². The molecular formula is C21H22N4O6. The van der Waals surface area contributed by atoms with Crippen molar-refractivity contribution in [2.75, 3.05) is 26.1 Å². The van der Waals surface area contributed by atoms with E-state index in [1.165, 1.54) is 38.5 Å². The number of anilines is 1. The smallest absolute Gasteiger partial charge is 0.325 e. The summed E-state index contributed by atoms with van der Waals surface area (Å²) in [5, 5.41) is 5.21. The fraction of sp³-hybridized carbons (Fsp3) is 0.238. The highest BCUT2D eigenvalue weighted by molar-refractivity contribution is 6.10. The van der Waals surface area contributed by atoms with Crippen molar-refractivity contribution in [3.8, 4) is 11.5 Å². The van der Waals surface area contributed by atoms with Crippen molar-refractivity contribution in [1.29, 1.82) is 0 Å². The first-order valence-electron chi connectivity index (χ1n) is 9.26. The quantitative estimate of drug-likeness (QED) is 0.569. The van der Waals surface area contributed by atoms with Crippen LogP contribution in [0.4, 0.5) is 10.5 Å². The Balaban J connectivity index is 1.75. The van der Waals surface area contributed by atoms with Crippen LogP contribution in [0.3, 0.4) is 0 Å². The van der Waals surface area contributed by atoms with E-state index in [9.17, 15) is 19.2 Å². The standard InChI is InChI=1S/C21H22N4O6/c1-21(13-6-9-15(30-2)16(10-13)31-3)19(28)25(20(29)24-21)11-17(26)23-14-7-4-12(5-8-14)18(22)27/h4-10H,11H2,1-3H3,(H2,22,27)(H,23,26)(H,24,29)/t21-/m0/s1. The number of ether oxygens (including phenoxy) is 2. The van der Waals surface area contributed by atoms with Crippen LogP contribution in [0.2, 0.25) is 0 Å². The van der Waals surface area contributed by atoms with Gasteiger partial charge in [-0.3, -0.25) is 19.3 Å². The largest absolute Gasteiger partial charge is 0.493 e. The van der Waals surface area contributed by atoms with Gasteiger partial charge in [0, 0.05) is 11.3 Å². The van der Waals surface area contributed by atoms with Crippen molar-refractivity contribution in [1.82, 2.24) is 10.2 Å². The summed E-state index contributed by atoms with van der Waals surface area (Å²) >= 11 is 0. The van der Waals surface area contributed by atoms with Crippen molar-refractivity contribution in [2.24, 2.45) is 5.73 Å². The zero-order chi connectivity index (χ0) is 22.8. The molecule has 162 valence electrons. The summed E-state index contributed by atoms with van der Waals surface area (Å²) in [4.78, 5) is 49.9. The van der Waals surface area contributed by atoms with E-state index in [1.54, 1.807) is 25.1 Å². The lowest BCUT2D eigenvalue weighted by molar-refractivity contribution is -0.133. The average Bonchev–Trinajstić information content (AvgIpc) is 2.97. The third-order valence-corrected chi connectivity index (χ3v) is 4.99. The first-order chi connectivity index (χ1) is 14.7. The molecule has 3 rings (SSSR count). The molecule has 1 heterocycles. The third-order valence-electron chi connectivity index (χ3n) is 4.99. The number of nitrogens with two attached hydrogens (primary N) is 1. The Kier molecular flexibility index (Phi) is 5.82. The molecular weight excluding hydrogens is 404 g/mol. The monoisotopic (exact) mass is 426 g/mol. The topological polar surface area (TPSA) is 140 Å². The minimum atomic E-state index is -1.37.